The molecule has 3 aromatic rings. The van der Waals surface area contributed by atoms with Crippen molar-refractivity contribution in [1.82, 2.24) is 9.88 Å². The predicted octanol–water partition coefficient (Wildman–Crippen LogP) is 3.86. The minimum Gasteiger partial charge on any atom is -0.368 e. The highest BCUT2D eigenvalue weighted by Gasteiger charge is 2.22. The van der Waals surface area contributed by atoms with Crippen molar-refractivity contribution >= 4 is 34.3 Å². The number of carbonyl (C=O) groups excluding carboxylic acids is 1. The Morgan fingerprint density at radius 1 is 1.10 bits per heavy atom. The van der Waals surface area contributed by atoms with Crippen molar-refractivity contribution in [2.24, 2.45) is 0 Å². The number of thioether (sulfide) groups is 1. The van der Waals surface area contributed by atoms with E-state index >= 15 is 0 Å². The average molecular weight is 403 g/mol. The van der Waals surface area contributed by atoms with E-state index in [4.69, 9.17) is 0 Å². The number of carbonyl (C=O) groups is 1. The molecule has 146 valence electrons. The van der Waals surface area contributed by atoms with Crippen LogP contribution in [0.25, 0.3) is 10.9 Å². The van der Waals surface area contributed by atoms with Crippen LogP contribution in [0.2, 0.25) is 0 Å². The summed E-state index contributed by atoms with van der Waals surface area (Å²) in [7, 11) is 0. The van der Waals surface area contributed by atoms with Gasteiger partial charge in [-0.2, -0.15) is 5.26 Å². The predicted molar refractivity (Wildman–Crippen MR) is 117 cm³/mol. The van der Waals surface area contributed by atoms with Gasteiger partial charge in [-0.1, -0.05) is 42.1 Å². The Morgan fingerprint density at radius 2 is 1.86 bits per heavy atom. The fourth-order valence-electron chi connectivity index (χ4n) is 3.52. The van der Waals surface area contributed by atoms with Crippen LogP contribution in [0.1, 0.15) is 11.1 Å². The number of hydrogen-bond acceptors (Lipinski definition) is 5. The van der Waals surface area contributed by atoms with Crippen LogP contribution < -0.4 is 4.90 Å². The summed E-state index contributed by atoms with van der Waals surface area (Å²) in [6.07, 6.45) is 0. The van der Waals surface area contributed by atoms with Crippen LogP contribution in [-0.2, 0) is 4.79 Å². The van der Waals surface area contributed by atoms with Gasteiger partial charge in [0.2, 0.25) is 5.91 Å². The normalized spacial score (nSPS) is 14.1. The van der Waals surface area contributed by atoms with Crippen LogP contribution in [-0.4, -0.2) is 47.7 Å². The molecule has 0 atom stereocenters. The molecule has 0 unspecified atom stereocenters. The zero-order chi connectivity index (χ0) is 20.2. The Hall–Kier alpha value is -3.04. The maximum absolute atomic E-state index is 12.7. The minimum absolute atomic E-state index is 0.0951. The lowest BCUT2D eigenvalue weighted by Crippen LogP contribution is -2.49. The molecule has 1 fully saturated rings. The third kappa shape index (κ3) is 4.36. The number of benzene rings is 2. The minimum atomic E-state index is 0.0951. The van der Waals surface area contributed by atoms with Gasteiger partial charge in [-0.05, 0) is 36.8 Å². The van der Waals surface area contributed by atoms with Crippen molar-refractivity contribution in [2.45, 2.75) is 11.9 Å². The Kier molecular flexibility index (Phi) is 5.68. The summed E-state index contributed by atoms with van der Waals surface area (Å²) in [5, 5.41) is 11.1. The fourth-order valence-corrected chi connectivity index (χ4v) is 4.39. The van der Waals surface area contributed by atoms with E-state index in [1.54, 1.807) is 0 Å². The smallest absolute Gasteiger partial charge is 0.233 e. The number of rotatable bonds is 4. The van der Waals surface area contributed by atoms with Gasteiger partial charge in [0.25, 0.3) is 0 Å². The molecule has 1 aliphatic rings. The maximum Gasteiger partial charge on any atom is 0.233 e. The summed E-state index contributed by atoms with van der Waals surface area (Å²) in [5.41, 5.74) is 3.70. The molecule has 1 aromatic heterocycles. The molecule has 5 nitrogen and oxygen atoms in total. The third-order valence-electron chi connectivity index (χ3n) is 5.14. The molecule has 0 aliphatic carbocycles. The number of pyridine rings is 1. The molecule has 2 aromatic carbocycles. The number of aromatic nitrogens is 1. The Balaban J connectivity index is 1.39. The quantitative estimate of drug-likeness (QED) is 0.620. The first-order chi connectivity index (χ1) is 14.1. The zero-order valence-corrected chi connectivity index (χ0v) is 17.2. The van der Waals surface area contributed by atoms with Crippen LogP contribution in [0.4, 0.5) is 5.69 Å². The highest BCUT2D eigenvalue weighted by Crippen LogP contribution is 2.26. The molecular weight excluding hydrogens is 380 g/mol. The Bertz CT molecular complexity index is 1070. The monoisotopic (exact) mass is 402 g/mol. The number of aryl methyl sites for hydroxylation is 1. The van der Waals surface area contributed by atoms with Gasteiger partial charge in [0.15, 0.2) is 0 Å². The number of nitrogens with zero attached hydrogens (tertiary/aromatic N) is 4. The van der Waals surface area contributed by atoms with Crippen molar-refractivity contribution in [3.8, 4) is 6.07 Å². The number of nitriles is 1. The van der Waals surface area contributed by atoms with Gasteiger partial charge in [-0.3, -0.25) is 4.79 Å². The topological polar surface area (TPSA) is 60.2 Å². The first-order valence-corrected chi connectivity index (χ1v) is 10.6. The number of para-hydroxylation sites is 1. The number of piperazine rings is 1. The largest absolute Gasteiger partial charge is 0.368 e. The second-order valence-corrected chi connectivity index (χ2v) is 8.11. The Labute approximate surface area is 175 Å². The molecule has 1 amide bonds. The van der Waals surface area contributed by atoms with E-state index in [2.05, 4.69) is 28.1 Å². The second-order valence-electron chi connectivity index (χ2n) is 7.14. The summed E-state index contributed by atoms with van der Waals surface area (Å²) >= 11 is 1.35. The molecule has 0 N–H and O–H groups in total. The number of anilines is 1. The van der Waals surface area contributed by atoms with Crippen molar-refractivity contribution in [3.05, 3.63) is 65.7 Å². The van der Waals surface area contributed by atoms with Gasteiger partial charge in [-0.25, -0.2) is 4.98 Å². The van der Waals surface area contributed by atoms with Crippen LogP contribution in [0.15, 0.2) is 59.6 Å². The summed E-state index contributed by atoms with van der Waals surface area (Å²) in [6, 6.07) is 20.3. The van der Waals surface area contributed by atoms with E-state index < -0.39 is 0 Å². The number of amides is 1. The SMILES string of the molecule is Cc1ccc2cc(C#N)c(SCC(=O)N3CCN(c4ccccc4)CC3)nc2c1. The molecule has 0 bridgehead atoms. The fraction of sp³-hybridized carbons (Fsp3) is 0.261. The molecule has 1 aliphatic heterocycles. The van der Waals surface area contributed by atoms with Gasteiger partial charge in [0.1, 0.15) is 11.1 Å². The average Bonchev–Trinajstić information content (AvgIpc) is 2.77. The van der Waals surface area contributed by atoms with Gasteiger partial charge < -0.3 is 9.80 Å². The number of hydrogen-bond donors (Lipinski definition) is 0. The third-order valence-corrected chi connectivity index (χ3v) is 6.12. The molecule has 4 rings (SSSR count). The van der Waals surface area contributed by atoms with Gasteiger partial charge in [0, 0.05) is 37.3 Å². The van der Waals surface area contributed by atoms with E-state index in [-0.39, 0.29) is 5.91 Å². The van der Waals surface area contributed by atoms with Crippen LogP contribution in [0.5, 0.6) is 0 Å². The van der Waals surface area contributed by atoms with Crippen LogP contribution in [0, 0.1) is 18.3 Å². The Morgan fingerprint density at radius 3 is 2.59 bits per heavy atom. The molecule has 29 heavy (non-hydrogen) atoms. The van der Waals surface area contributed by atoms with E-state index in [0.717, 1.165) is 29.6 Å². The van der Waals surface area contributed by atoms with Gasteiger partial charge >= 0.3 is 0 Å². The molecule has 0 spiro atoms. The first kappa shape index (κ1) is 19.3. The number of fused-ring (bicyclic) bond motifs is 1. The first-order valence-electron chi connectivity index (χ1n) is 9.66. The van der Waals surface area contributed by atoms with Crippen molar-refractivity contribution in [2.75, 3.05) is 36.8 Å². The standard InChI is InChI=1S/C23H22N4OS/c1-17-7-8-18-14-19(15-24)23(25-21(18)13-17)29-16-22(28)27-11-9-26(10-12-27)20-5-3-2-4-6-20/h2-8,13-14H,9-12,16H2,1H3. The molecule has 6 heteroatoms. The van der Waals surface area contributed by atoms with Crippen LogP contribution >= 0.6 is 11.8 Å². The molecular formula is C23H22N4OS. The summed E-state index contributed by atoms with van der Waals surface area (Å²) in [6.45, 7) is 5.10. The van der Waals surface area contributed by atoms with Crippen LogP contribution in [0.3, 0.4) is 0 Å². The molecule has 2 heterocycles. The molecule has 1 saturated heterocycles. The van der Waals surface area contributed by atoms with Gasteiger partial charge in [-0.15, -0.1) is 0 Å². The lowest BCUT2D eigenvalue weighted by atomic mass is 10.1. The summed E-state index contributed by atoms with van der Waals surface area (Å²) in [4.78, 5) is 21.6. The van der Waals surface area contributed by atoms with E-state index in [1.165, 1.54) is 17.4 Å². The highest BCUT2D eigenvalue weighted by atomic mass is 32.2. The van der Waals surface area contributed by atoms with E-state index in [0.29, 0.717) is 29.4 Å². The molecule has 0 saturated carbocycles. The highest BCUT2D eigenvalue weighted by molar-refractivity contribution is 8.00. The van der Waals surface area contributed by atoms with E-state index in [1.807, 2.05) is 54.3 Å². The van der Waals surface area contributed by atoms with E-state index in [9.17, 15) is 10.1 Å². The summed E-state index contributed by atoms with van der Waals surface area (Å²) in [5.74, 6) is 0.391. The zero-order valence-electron chi connectivity index (χ0n) is 16.3. The lowest BCUT2D eigenvalue weighted by molar-refractivity contribution is -0.128. The van der Waals surface area contributed by atoms with Crippen molar-refractivity contribution in [3.63, 3.8) is 0 Å². The van der Waals surface area contributed by atoms with Crippen molar-refractivity contribution in [1.29, 1.82) is 5.26 Å². The lowest BCUT2D eigenvalue weighted by Gasteiger charge is -2.36. The summed E-state index contributed by atoms with van der Waals surface area (Å²) < 4.78 is 0. The second kappa shape index (κ2) is 8.54. The molecule has 0 radical (unpaired) electrons. The van der Waals surface area contributed by atoms with Crippen molar-refractivity contribution < 1.29 is 4.79 Å². The maximum atomic E-state index is 12.7. The van der Waals surface area contributed by atoms with Gasteiger partial charge in [0.05, 0.1) is 16.8 Å².